The van der Waals surface area contributed by atoms with E-state index in [-0.39, 0.29) is 17.8 Å². The van der Waals surface area contributed by atoms with Crippen molar-refractivity contribution in [3.05, 3.63) is 57.9 Å². The van der Waals surface area contributed by atoms with Gasteiger partial charge in [-0.05, 0) is 5.56 Å². The van der Waals surface area contributed by atoms with Crippen LogP contribution in [0.2, 0.25) is 0 Å². The highest BCUT2D eigenvalue weighted by atomic mass is 16.6. The molecule has 0 atom stereocenters. The number of nitro benzene ring substituents is 1. The number of aromatic nitrogens is 2. The van der Waals surface area contributed by atoms with Crippen LogP contribution in [0, 0.1) is 10.1 Å². The predicted octanol–water partition coefficient (Wildman–Crippen LogP) is 1.54. The Morgan fingerprint density at radius 3 is 2.89 bits per heavy atom. The second-order valence-electron chi connectivity index (χ2n) is 3.66. The zero-order valence-corrected chi connectivity index (χ0v) is 9.18. The van der Waals surface area contributed by atoms with Gasteiger partial charge < -0.3 is 5.11 Å². The molecule has 1 aromatic carbocycles. The highest BCUT2D eigenvalue weighted by Crippen LogP contribution is 2.14. The Kier molecular flexibility index (Phi) is 3.05. The summed E-state index contributed by atoms with van der Waals surface area (Å²) in [4.78, 5) is 20.8. The smallest absolute Gasteiger partial charge is 0.338 e. The quantitative estimate of drug-likeness (QED) is 0.652. The van der Waals surface area contributed by atoms with Gasteiger partial charge in [0.1, 0.15) is 0 Å². The van der Waals surface area contributed by atoms with Crippen LogP contribution in [0.15, 0.2) is 36.7 Å². The van der Waals surface area contributed by atoms with Crippen LogP contribution >= 0.6 is 0 Å². The molecule has 1 heterocycles. The molecular formula is C11H9N3O4. The molecule has 7 heteroatoms. The molecule has 0 aliphatic heterocycles. The summed E-state index contributed by atoms with van der Waals surface area (Å²) in [7, 11) is 0. The highest BCUT2D eigenvalue weighted by molar-refractivity contribution is 5.86. The third-order valence-corrected chi connectivity index (χ3v) is 2.35. The Morgan fingerprint density at radius 1 is 1.50 bits per heavy atom. The van der Waals surface area contributed by atoms with Crippen molar-refractivity contribution in [2.24, 2.45) is 0 Å². The van der Waals surface area contributed by atoms with Gasteiger partial charge in [0.2, 0.25) is 0 Å². The molecule has 0 saturated carbocycles. The van der Waals surface area contributed by atoms with Crippen LogP contribution in [-0.4, -0.2) is 25.8 Å². The summed E-state index contributed by atoms with van der Waals surface area (Å²) >= 11 is 0. The van der Waals surface area contributed by atoms with Gasteiger partial charge in [-0.1, -0.05) is 12.1 Å². The zero-order valence-electron chi connectivity index (χ0n) is 9.18. The molecule has 0 saturated heterocycles. The van der Waals surface area contributed by atoms with E-state index in [9.17, 15) is 14.9 Å². The largest absolute Gasteiger partial charge is 0.478 e. The zero-order chi connectivity index (χ0) is 13.1. The number of hydrogen-bond acceptors (Lipinski definition) is 4. The van der Waals surface area contributed by atoms with E-state index in [4.69, 9.17) is 5.11 Å². The van der Waals surface area contributed by atoms with E-state index in [1.54, 1.807) is 12.1 Å². The van der Waals surface area contributed by atoms with E-state index >= 15 is 0 Å². The van der Waals surface area contributed by atoms with Crippen LogP contribution in [0.5, 0.6) is 0 Å². The van der Waals surface area contributed by atoms with Gasteiger partial charge in [-0.2, -0.15) is 5.10 Å². The number of aromatic carboxylic acids is 1. The van der Waals surface area contributed by atoms with Crippen molar-refractivity contribution < 1.29 is 14.8 Å². The normalized spacial score (nSPS) is 10.2. The van der Waals surface area contributed by atoms with Crippen LogP contribution in [0.4, 0.5) is 5.69 Å². The Hall–Kier alpha value is -2.70. The first kappa shape index (κ1) is 11.8. The Labute approximate surface area is 101 Å². The van der Waals surface area contributed by atoms with E-state index in [0.29, 0.717) is 5.56 Å². The summed E-state index contributed by atoms with van der Waals surface area (Å²) in [5, 5.41) is 23.2. The maximum atomic E-state index is 10.7. The summed E-state index contributed by atoms with van der Waals surface area (Å²) in [6.45, 7) is 0.287. The number of non-ortho nitro benzene ring substituents is 1. The van der Waals surface area contributed by atoms with E-state index in [1.165, 1.54) is 29.2 Å². The molecule has 2 rings (SSSR count). The fourth-order valence-corrected chi connectivity index (χ4v) is 1.52. The summed E-state index contributed by atoms with van der Waals surface area (Å²) in [5.74, 6) is -1.06. The first-order valence-corrected chi connectivity index (χ1v) is 5.05. The maximum Gasteiger partial charge on any atom is 0.338 e. The Balaban J connectivity index is 2.20. The molecule has 0 amide bonds. The SMILES string of the molecule is O=C(O)c1cnn(Cc2cccc([N+](=O)[O-])c2)c1. The Bertz CT molecular complexity index is 606. The van der Waals surface area contributed by atoms with Crippen LogP contribution in [-0.2, 0) is 6.54 Å². The fraction of sp³-hybridized carbons (Fsp3) is 0.0909. The number of rotatable bonds is 4. The second-order valence-corrected chi connectivity index (χ2v) is 3.66. The maximum absolute atomic E-state index is 10.7. The van der Waals surface area contributed by atoms with E-state index in [0.717, 1.165) is 0 Å². The monoisotopic (exact) mass is 247 g/mol. The van der Waals surface area contributed by atoms with Crippen molar-refractivity contribution in [2.45, 2.75) is 6.54 Å². The molecule has 1 aromatic heterocycles. The molecule has 7 nitrogen and oxygen atoms in total. The first-order valence-electron chi connectivity index (χ1n) is 5.05. The lowest BCUT2D eigenvalue weighted by Crippen LogP contribution is -2.01. The minimum absolute atomic E-state index is 0.00175. The summed E-state index contributed by atoms with van der Waals surface area (Å²) in [6.07, 6.45) is 2.61. The molecule has 0 unspecified atom stereocenters. The average Bonchev–Trinajstić information content (AvgIpc) is 2.78. The number of carbonyl (C=O) groups is 1. The third kappa shape index (κ3) is 2.51. The van der Waals surface area contributed by atoms with Gasteiger partial charge in [0, 0.05) is 18.3 Å². The molecule has 18 heavy (non-hydrogen) atoms. The van der Waals surface area contributed by atoms with Gasteiger partial charge >= 0.3 is 5.97 Å². The molecule has 0 bridgehead atoms. The number of nitrogens with zero attached hydrogens (tertiary/aromatic N) is 3. The van der Waals surface area contributed by atoms with Crippen molar-refractivity contribution in [1.29, 1.82) is 0 Å². The molecule has 0 aliphatic rings. The van der Waals surface area contributed by atoms with Gasteiger partial charge in [-0.3, -0.25) is 14.8 Å². The van der Waals surface area contributed by atoms with Crippen LogP contribution in [0.1, 0.15) is 15.9 Å². The van der Waals surface area contributed by atoms with Gasteiger partial charge in [0.15, 0.2) is 0 Å². The molecule has 2 aromatic rings. The van der Waals surface area contributed by atoms with Crippen LogP contribution in [0.25, 0.3) is 0 Å². The van der Waals surface area contributed by atoms with Gasteiger partial charge in [0.05, 0.1) is 23.2 Å². The number of nitro groups is 1. The van der Waals surface area contributed by atoms with E-state index in [2.05, 4.69) is 5.10 Å². The lowest BCUT2D eigenvalue weighted by Gasteiger charge is -2.01. The average molecular weight is 247 g/mol. The predicted molar refractivity (Wildman–Crippen MR) is 61.4 cm³/mol. The first-order chi connectivity index (χ1) is 8.56. The van der Waals surface area contributed by atoms with Gasteiger partial charge in [0.25, 0.3) is 5.69 Å². The summed E-state index contributed by atoms with van der Waals surface area (Å²) in [5.41, 5.74) is 0.766. The van der Waals surface area contributed by atoms with Crippen molar-refractivity contribution >= 4 is 11.7 Å². The van der Waals surface area contributed by atoms with Gasteiger partial charge in [-0.25, -0.2) is 4.79 Å². The third-order valence-electron chi connectivity index (χ3n) is 2.35. The van der Waals surface area contributed by atoms with Crippen molar-refractivity contribution in [3.8, 4) is 0 Å². The van der Waals surface area contributed by atoms with Crippen molar-refractivity contribution in [1.82, 2.24) is 9.78 Å². The van der Waals surface area contributed by atoms with Crippen LogP contribution < -0.4 is 0 Å². The lowest BCUT2D eigenvalue weighted by molar-refractivity contribution is -0.384. The topological polar surface area (TPSA) is 98.3 Å². The number of carboxylic acids is 1. The summed E-state index contributed by atoms with van der Waals surface area (Å²) < 4.78 is 1.42. The fourth-order valence-electron chi connectivity index (χ4n) is 1.52. The second kappa shape index (κ2) is 4.66. The molecular weight excluding hydrogens is 238 g/mol. The minimum atomic E-state index is -1.06. The lowest BCUT2D eigenvalue weighted by atomic mass is 10.2. The van der Waals surface area contributed by atoms with E-state index < -0.39 is 10.9 Å². The molecule has 0 radical (unpaired) electrons. The summed E-state index contributed by atoms with van der Waals surface area (Å²) in [6, 6.07) is 6.13. The highest BCUT2D eigenvalue weighted by Gasteiger charge is 2.08. The molecule has 0 spiro atoms. The van der Waals surface area contributed by atoms with Crippen molar-refractivity contribution in [3.63, 3.8) is 0 Å². The van der Waals surface area contributed by atoms with Crippen molar-refractivity contribution in [2.75, 3.05) is 0 Å². The van der Waals surface area contributed by atoms with Crippen LogP contribution in [0.3, 0.4) is 0 Å². The van der Waals surface area contributed by atoms with E-state index in [1.807, 2.05) is 0 Å². The molecule has 1 N–H and O–H groups in total. The number of hydrogen-bond donors (Lipinski definition) is 1. The van der Waals surface area contributed by atoms with Gasteiger partial charge in [-0.15, -0.1) is 0 Å². The molecule has 92 valence electrons. The minimum Gasteiger partial charge on any atom is -0.478 e. The number of benzene rings is 1. The number of carboxylic acid groups (broad SMARTS) is 1. The molecule has 0 aliphatic carbocycles. The molecule has 0 fully saturated rings. The standard InChI is InChI=1S/C11H9N3O4/c15-11(16)9-5-12-13(7-9)6-8-2-1-3-10(4-8)14(17)18/h1-5,7H,6H2,(H,15,16). The Morgan fingerprint density at radius 2 is 2.28 bits per heavy atom.